The highest BCUT2D eigenvalue weighted by atomic mass is 35.5. The molecule has 1 saturated carbocycles. The van der Waals surface area contributed by atoms with Gasteiger partial charge < -0.3 is 19.9 Å². The fourth-order valence-electron chi connectivity index (χ4n) is 2.22. The van der Waals surface area contributed by atoms with Crippen molar-refractivity contribution in [1.82, 2.24) is 10.5 Å². The molecular formula is C16H19Cl2N3O3. The van der Waals surface area contributed by atoms with Gasteiger partial charge in [-0.3, -0.25) is 4.79 Å². The molecule has 24 heavy (non-hydrogen) atoms. The van der Waals surface area contributed by atoms with Gasteiger partial charge in [0.15, 0.2) is 0 Å². The van der Waals surface area contributed by atoms with Crippen molar-refractivity contribution in [2.24, 2.45) is 0 Å². The molecule has 1 aliphatic carbocycles. The van der Waals surface area contributed by atoms with Crippen LogP contribution in [0.25, 0.3) is 0 Å². The summed E-state index contributed by atoms with van der Waals surface area (Å²) in [5, 5.41) is 10.3. The summed E-state index contributed by atoms with van der Waals surface area (Å²) in [6.07, 6.45) is 3.77. The lowest BCUT2D eigenvalue weighted by atomic mass is 9.93. The third-order valence-electron chi connectivity index (χ3n) is 3.69. The second-order valence-electron chi connectivity index (χ2n) is 5.42. The SMILES string of the molecule is Cl.O=C(Nc1cccc(Cl)c1)c1cc(OCCNC2CCC2)no1. The van der Waals surface area contributed by atoms with Gasteiger partial charge in [0.2, 0.25) is 5.76 Å². The normalized spacial score (nSPS) is 13.7. The number of carbonyl (C=O) groups excluding carboxylic acids is 1. The van der Waals surface area contributed by atoms with Crippen LogP contribution in [-0.2, 0) is 0 Å². The maximum Gasteiger partial charge on any atom is 0.294 e. The number of ether oxygens (including phenoxy) is 1. The van der Waals surface area contributed by atoms with Gasteiger partial charge in [-0.15, -0.1) is 12.4 Å². The Morgan fingerprint density at radius 3 is 2.92 bits per heavy atom. The van der Waals surface area contributed by atoms with Crippen LogP contribution >= 0.6 is 24.0 Å². The lowest BCUT2D eigenvalue weighted by molar-refractivity contribution is 0.0987. The predicted molar refractivity (Wildman–Crippen MR) is 94.3 cm³/mol. The van der Waals surface area contributed by atoms with Gasteiger partial charge in [-0.2, -0.15) is 0 Å². The zero-order valence-electron chi connectivity index (χ0n) is 13.0. The third-order valence-corrected chi connectivity index (χ3v) is 3.92. The smallest absolute Gasteiger partial charge is 0.294 e. The molecule has 0 saturated heterocycles. The molecule has 1 fully saturated rings. The predicted octanol–water partition coefficient (Wildman–Crippen LogP) is 3.52. The molecule has 8 heteroatoms. The minimum atomic E-state index is -0.401. The largest absolute Gasteiger partial charge is 0.474 e. The van der Waals surface area contributed by atoms with E-state index in [4.69, 9.17) is 20.9 Å². The molecule has 0 spiro atoms. The van der Waals surface area contributed by atoms with Crippen LogP contribution in [0.5, 0.6) is 5.88 Å². The van der Waals surface area contributed by atoms with E-state index < -0.39 is 5.91 Å². The molecular weight excluding hydrogens is 353 g/mol. The van der Waals surface area contributed by atoms with Crippen LogP contribution in [0.2, 0.25) is 5.02 Å². The fraction of sp³-hybridized carbons (Fsp3) is 0.375. The van der Waals surface area contributed by atoms with E-state index in [0.29, 0.717) is 29.2 Å². The third kappa shape index (κ3) is 5.12. The number of carbonyl (C=O) groups is 1. The molecule has 1 aromatic carbocycles. The minimum Gasteiger partial charge on any atom is -0.474 e. The average molecular weight is 372 g/mol. The summed E-state index contributed by atoms with van der Waals surface area (Å²) >= 11 is 5.87. The summed E-state index contributed by atoms with van der Waals surface area (Å²) in [5.74, 6) is -0.00853. The van der Waals surface area contributed by atoms with Crippen LogP contribution in [0, 0.1) is 0 Å². The lowest BCUT2D eigenvalue weighted by Gasteiger charge is -2.26. The first kappa shape index (κ1) is 18.6. The summed E-state index contributed by atoms with van der Waals surface area (Å²) in [6, 6.07) is 8.97. The molecule has 1 aliphatic rings. The van der Waals surface area contributed by atoms with E-state index in [0.717, 1.165) is 6.54 Å². The van der Waals surface area contributed by atoms with Gasteiger partial charge in [0.25, 0.3) is 11.8 Å². The van der Waals surface area contributed by atoms with Crippen LogP contribution in [0.1, 0.15) is 29.8 Å². The van der Waals surface area contributed by atoms with Crippen LogP contribution in [0.4, 0.5) is 5.69 Å². The van der Waals surface area contributed by atoms with E-state index in [9.17, 15) is 4.79 Å². The van der Waals surface area contributed by atoms with Crippen LogP contribution in [-0.4, -0.2) is 30.3 Å². The molecule has 130 valence electrons. The molecule has 3 rings (SSSR count). The summed E-state index contributed by atoms with van der Waals surface area (Å²) in [4.78, 5) is 12.0. The van der Waals surface area contributed by atoms with Crippen molar-refractivity contribution < 1.29 is 14.1 Å². The molecule has 2 N–H and O–H groups in total. The first-order chi connectivity index (χ1) is 11.2. The number of aromatic nitrogens is 1. The molecule has 0 atom stereocenters. The second-order valence-corrected chi connectivity index (χ2v) is 5.86. The fourth-order valence-corrected chi connectivity index (χ4v) is 2.41. The molecule has 0 radical (unpaired) electrons. The van der Waals surface area contributed by atoms with Gasteiger partial charge in [-0.1, -0.05) is 24.1 Å². The first-order valence-electron chi connectivity index (χ1n) is 7.60. The van der Waals surface area contributed by atoms with Crippen molar-refractivity contribution in [3.8, 4) is 5.88 Å². The number of amides is 1. The monoisotopic (exact) mass is 371 g/mol. The van der Waals surface area contributed by atoms with Crippen molar-refractivity contribution >= 4 is 35.6 Å². The number of nitrogens with one attached hydrogen (secondary N) is 2. The van der Waals surface area contributed by atoms with Gasteiger partial charge in [0, 0.05) is 23.3 Å². The Labute approximate surface area is 151 Å². The molecule has 0 aliphatic heterocycles. The Morgan fingerprint density at radius 1 is 1.38 bits per heavy atom. The van der Waals surface area contributed by atoms with E-state index in [2.05, 4.69) is 15.8 Å². The first-order valence-corrected chi connectivity index (χ1v) is 7.98. The molecule has 6 nitrogen and oxygen atoms in total. The van der Waals surface area contributed by atoms with E-state index in [1.54, 1.807) is 24.3 Å². The minimum absolute atomic E-state index is 0. The standard InChI is InChI=1S/C16H18ClN3O3.ClH/c17-11-3-1-6-13(9-11)19-16(21)14-10-15(20-23-14)22-8-7-18-12-4-2-5-12;/h1,3,6,9-10,12,18H,2,4-5,7-8H2,(H,19,21);1H. The average Bonchev–Trinajstić information content (AvgIpc) is 2.94. The summed E-state index contributed by atoms with van der Waals surface area (Å²) in [5.41, 5.74) is 0.589. The number of nitrogens with zero attached hydrogens (tertiary/aromatic N) is 1. The number of rotatable bonds is 7. The van der Waals surface area contributed by atoms with Crippen LogP contribution < -0.4 is 15.4 Å². The van der Waals surface area contributed by atoms with E-state index >= 15 is 0 Å². The highest BCUT2D eigenvalue weighted by Crippen LogP contribution is 2.18. The molecule has 0 bridgehead atoms. The van der Waals surface area contributed by atoms with Crippen molar-refractivity contribution in [2.75, 3.05) is 18.5 Å². The quantitative estimate of drug-likeness (QED) is 0.728. The number of benzene rings is 1. The Balaban J connectivity index is 0.00000208. The van der Waals surface area contributed by atoms with Crippen molar-refractivity contribution in [3.63, 3.8) is 0 Å². The zero-order valence-corrected chi connectivity index (χ0v) is 14.5. The number of halogens is 2. The maximum atomic E-state index is 12.0. The zero-order chi connectivity index (χ0) is 16.1. The number of hydrogen-bond acceptors (Lipinski definition) is 5. The number of hydrogen-bond donors (Lipinski definition) is 2. The molecule has 1 heterocycles. The van der Waals surface area contributed by atoms with Gasteiger partial charge in [0.05, 0.1) is 6.07 Å². The molecule has 1 aromatic heterocycles. The summed E-state index contributed by atoms with van der Waals surface area (Å²) in [6.45, 7) is 1.24. The van der Waals surface area contributed by atoms with E-state index in [1.165, 1.54) is 25.3 Å². The second kappa shape index (κ2) is 8.92. The maximum absolute atomic E-state index is 12.0. The lowest BCUT2D eigenvalue weighted by Crippen LogP contribution is -2.37. The van der Waals surface area contributed by atoms with Gasteiger partial charge in [0.1, 0.15) is 6.61 Å². The van der Waals surface area contributed by atoms with Crippen LogP contribution in [0.3, 0.4) is 0 Å². The van der Waals surface area contributed by atoms with Gasteiger partial charge >= 0.3 is 0 Å². The van der Waals surface area contributed by atoms with Gasteiger partial charge in [-0.05, 0) is 36.2 Å². The van der Waals surface area contributed by atoms with E-state index in [-0.39, 0.29) is 18.2 Å². The summed E-state index contributed by atoms with van der Waals surface area (Å²) < 4.78 is 10.5. The Bertz CT molecular complexity index is 674. The van der Waals surface area contributed by atoms with Crippen molar-refractivity contribution in [1.29, 1.82) is 0 Å². The number of anilines is 1. The Morgan fingerprint density at radius 2 is 2.21 bits per heavy atom. The molecule has 2 aromatic rings. The molecule has 0 unspecified atom stereocenters. The highest BCUT2D eigenvalue weighted by Gasteiger charge is 2.17. The molecule has 1 amide bonds. The van der Waals surface area contributed by atoms with Crippen LogP contribution in [0.15, 0.2) is 34.9 Å². The highest BCUT2D eigenvalue weighted by molar-refractivity contribution is 6.30. The summed E-state index contributed by atoms with van der Waals surface area (Å²) in [7, 11) is 0. The Hall–Kier alpha value is -1.76. The van der Waals surface area contributed by atoms with E-state index in [1.807, 2.05) is 0 Å². The topological polar surface area (TPSA) is 76.4 Å². The van der Waals surface area contributed by atoms with Crippen molar-refractivity contribution in [2.45, 2.75) is 25.3 Å². The Kier molecular flexibility index (Phi) is 6.90. The van der Waals surface area contributed by atoms with Gasteiger partial charge in [-0.25, -0.2) is 0 Å². The van der Waals surface area contributed by atoms with Crippen molar-refractivity contribution in [3.05, 3.63) is 41.1 Å².